The standard InChI is InChI=1S/C25H31N2OSi/c1-14(2)18-10-9-11-19-21-16(5)12-13-20-22(21)24-25(29(7,8)28-20)17(6)26(15(3)4)27(24)23(18)19/h9-15H,1-8H3/q+1/i5D3. The fourth-order valence-electron chi connectivity index (χ4n) is 5.41. The van der Waals surface area contributed by atoms with Crippen LogP contribution in [-0.4, -0.2) is 13.0 Å². The second-order valence-corrected chi connectivity index (χ2v) is 13.2. The molecule has 4 heteroatoms. The number of benzene rings is 2. The third-order valence-corrected chi connectivity index (χ3v) is 8.93. The first kappa shape index (κ1) is 15.5. The van der Waals surface area contributed by atoms with Crippen molar-refractivity contribution in [1.82, 2.24) is 4.68 Å². The van der Waals surface area contributed by atoms with Crippen molar-refractivity contribution in [3.63, 3.8) is 0 Å². The number of aryl methyl sites for hydroxylation is 1. The lowest BCUT2D eigenvalue weighted by atomic mass is 9.94. The molecule has 0 fully saturated rings. The second-order valence-electron chi connectivity index (χ2n) is 9.43. The van der Waals surface area contributed by atoms with Crippen LogP contribution in [0.1, 0.15) is 60.6 Å². The van der Waals surface area contributed by atoms with Crippen molar-refractivity contribution in [2.24, 2.45) is 0 Å². The van der Waals surface area contributed by atoms with Crippen LogP contribution in [0.3, 0.4) is 0 Å². The molecule has 5 rings (SSSR count). The summed E-state index contributed by atoms with van der Waals surface area (Å²) in [7, 11) is -2.26. The minimum Gasteiger partial charge on any atom is -0.539 e. The monoisotopic (exact) mass is 406 g/mol. The van der Waals surface area contributed by atoms with Gasteiger partial charge in [-0.25, -0.2) is 0 Å². The molecule has 0 bridgehead atoms. The summed E-state index contributed by atoms with van der Waals surface area (Å²) in [6.45, 7) is 13.3. The van der Waals surface area contributed by atoms with E-state index in [0.29, 0.717) is 11.5 Å². The summed E-state index contributed by atoms with van der Waals surface area (Å²) >= 11 is 0. The first-order chi connectivity index (χ1) is 14.9. The van der Waals surface area contributed by atoms with Gasteiger partial charge < -0.3 is 4.43 Å². The number of hydrogen-bond donors (Lipinski definition) is 0. The Kier molecular flexibility index (Phi) is 3.13. The molecule has 0 N–H and O–H groups in total. The molecule has 3 nitrogen and oxygen atoms in total. The van der Waals surface area contributed by atoms with Gasteiger partial charge in [0, 0.05) is 15.1 Å². The molecule has 29 heavy (non-hydrogen) atoms. The zero-order chi connectivity index (χ0) is 23.3. The highest BCUT2D eigenvalue weighted by Gasteiger charge is 2.45. The molecule has 0 unspecified atom stereocenters. The number of aromatic nitrogens is 2. The largest absolute Gasteiger partial charge is 0.539 e. The number of fused-ring (bicyclic) bond motifs is 3. The van der Waals surface area contributed by atoms with Gasteiger partial charge in [-0.15, -0.1) is 4.68 Å². The van der Waals surface area contributed by atoms with Crippen molar-refractivity contribution < 1.29 is 13.1 Å². The Morgan fingerprint density at radius 1 is 1.03 bits per heavy atom. The van der Waals surface area contributed by atoms with Crippen molar-refractivity contribution >= 4 is 40.7 Å². The van der Waals surface area contributed by atoms with Gasteiger partial charge in [0.05, 0.1) is 27.7 Å². The molecule has 1 aliphatic rings. The van der Waals surface area contributed by atoms with E-state index in [0.717, 1.165) is 32.9 Å². The van der Waals surface area contributed by atoms with Gasteiger partial charge in [-0.2, -0.15) is 0 Å². The fraction of sp³-hybridized carbons (Fsp3) is 0.400. The van der Waals surface area contributed by atoms with E-state index < -0.39 is 15.2 Å². The Balaban J connectivity index is 2.25. The summed E-state index contributed by atoms with van der Waals surface area (Å²) in [6, 6.07) is 10.2. The van der Waals surface area contributed by atoms with E-state index in [1.54, 1.807) is 6.07 Å². The van der Waals surface area contributed by atoms with Crippen LogP contribution in [0.25, 0.3) is 27.2 Å². The number of para-hydroxylation sites is 1. The van der Waals surface area contributed by atoms with Gasteiger partial charge in [0.25, 0.3) is 13.8 Å². The van der Waals surface area contributed by atoms with Gasteiger partial charge in [0.15, 0.2) is 0 Å². The van der Waals surface area contributed by atoms with E-state index in [4.69, 9.17) is 8.54 Å². The highest BCUT2D eigenvalue weighted by molar-refractivity contribution is 6.87. The second kappa shape index (κ2) is 5.85. The quantitative estimate of drug-likeness (QED) is 0.239. The van der Waals surface area contributed by atoms with Crippen LogP contribution >= 0.6 is 0 Å². The maximum Gasteiger partial charge on any atom is 0.285 e. The summed E-state index contributed by atoms with van der Waals surface area (Å²) in [5.41, 5.74) is 5.09. The highest BCUT2D eigenvalue weighted by Crippen LogP contribution is 2.41. The zero-order valence-corrected chi connectivity index (χ0v) is 19.3. The van der Waals surface area contributed by atoms with Gasteiger partial charge in [0.1, 0.15) is 5.75 Å². The summed E-state index contributed by atoms with van der Waals surface area (Å²) in [5.74, 6) is 1.11. The SMILES string of the molecule is [2H]C([2H])([2H])c1ccc2c3c1c1cccc(C(C)C)c1[n+]1c3c(c(C)n1C(C)C)[Si](C)(C)O2. The molecule has 2 aromatic carbocycles. The van der Waals surface area contributed by atoms with Crippen LogP contribution in [0.4, 0.5) is 0 Å². The lowest BCUT2D eigenvalue weighted by Crippen LogP contribution is -2.51. The number of rotatable bonds is 2. The first-order valence-electron chi connectivity index (χ1n) is 12.0. The van der Waals surface area contributed by atoms with E-state index in [1.807, 2.05) is 6.07 Å². The normalized spacial score (nSPS) is 17.3. The molecule has 1 aliphatic heterocycles. The van der Waals surface area contributed by atoms with Gasteiger partial charge in [-0.1, -0.05) is 36.6 Å². The number of nitrogens with zero attached hydrogens (tertiary/aromatic N) is 2. The van der Waals surface area contributed by atoms with Crippen molar-refractivity contribution in [3.8, 4) is 5.75 Å². The molecule has 0 aliphatic carbocycles. The Morgan fingerprint density at radius 2 is 1.79 bits per heavy atom. The van der Waals surface area contributed by atoms with E-state index in [-0.39, 0.29) is 6.04 Å². The molecule has 4 aromatic rings. The lowest BCUT2D eigenvalue weighted by Gasteiger charge is -2.28. The molecule has 2 aromatic heterocycles. The molecule has 3 heterocycles. The number of hydrogen-bond acceptors (Lipinski definition) is 1. The summed E-state index contributed by atoms with van der Waals surface area (Å²) in [4.78, 5) is 0. The first-order valence-corrected chi connectivity index (χ1v) is 13.4. The van der Waals surface area contributed by atoms with Crippen LogP contribution in [0.5, 0.6) is 5.75 Å². The maximum absolute atomic E-state index is 8.30. The molecule has 150 valence electrons. The third kappa shape index (κ3) is 2.27. The van der Waals surface area contributed by atoms with Gasteiger partial charge in [-0.05, 0) is 64.3 Å². The average Bonchev–Trinajstić information content (AvgIpc) is 3.00. The summed E-state index contributed by atoms with van der Waals surface area (Å²) in [5, 5.41) is 4.00. The Morgan fingerprint density at radius 3 is 2.45 bits per heavy atom. The minimum absolute atomic E-state index is 0.245. The van der Waals surface area contributed by atoms with Crippen LogP contribution in [-0.2, 0) is 0 Å². The van der Waals surface area contributed by atoms with Gasteiger partial charge in [0.2, 0.25) is 5.52 Å². The molecule has 0 saturated heterocycles. The van der Waals surface area contributed by atoms with Crippen molar-refractivity contribution in [2.75, 3.05) is 0 Å². The van der Waals surface area contributed by atoms with Crippen molar-refractivity contribution in [3.05, 3.63) is 47.2 Å². The van der Waals surface area contributed by atoms with Crippen LogP contribution < -0.4 is 14.1 Å². The molecule has 0 amide bonds. The van der Waals surface area contributed by atoms with E-state index in [2.05, 4.69) is 75.1 Å². The minimum atomic E-state index is -2.26. The average molecular weight is 407 g/mol. The molecular formula is C25H31N2OSi+. The Bertz CT molecular complexity index is 1430. The maximum atomic E-state index is 8.30. The molecule has 0 spiro atoms. The molecule has 0 atom stereocenters. The predicted molar refractivity (Wildman–Crippen MR) is 124 cm³/mol. The van der Waals surface area contributed by atoms with Crippen molar-refractivity contribution in [2.45, 2.75) is 66.5 Å². The summed E-state index contributed by atoms with van der Waals surface area (Å²) < 4.78 is 36.3. The third-order valence-electron chi connectivity index (χ3n) is 6.40. The van der Waals surface area contributed by atoms with Crippen molar-refractivity contribution in [1.29, 1.82) is 0 Å². The molecule has 0 radical (unpaired) electrons. The van der Waals surface area contributed by atoms with Crippen LogP contribution in [0.2, 0.25) is 13.1 Å². The zero-order valence-electron chi connectivity index (χ0n) is 21.3. The lowest BCUT2D eigenvalue weighted by molar-refractivity contribution is -0.586. The van der Waals surface area contributed by atoms with Crippen LogP contribution in [0, 0.1) is 13.8 Å². The summed E-state index contributed by atoms with van der Waals surface area (Å²) in [6.07, 6.45) is 0. The predicted octanol–water partition coefficient (Wildman–Crippen LogP) is 5.66. The number of pyridine rings is 1. The van der Waals surface area contributed by atoms with E-state index in [1.165, 1.54) is 16.4 Å². The van der Waals surface area contributed by atoms with Crippen LogP contribution in [0.15, 0.2) is 30.3 Å². The Labute approximate surface area is 178 Å². The smallest absolute Gasteiger partial charge is 0.285 e. The van der Waals surface area contributed by atoms with E-state index in [9.17, 15) is 0 Å². The fourth-order valence-corrected chi connectivity index (χ4v) is 8.02. The topological polar surface area (TPSA) is 18.3 Å². The van der Waals surface area contributed by atoms with E-state index >= 15 is 0 Å². The molecular weight excluding hydrogens is 372 g/mol. The highest BCUT2D eigenvalue weighted by atomic mass is 28.4. The Hall–Kier alpha value is -2.33. The van der Waals surface area contributed by atoms with Gasteiger partial charge in [-0.3, -0.25) is 0 Å². The molecule has 0 saturated carbocycles. The van der Waals surface area contributed by atoms with Gasteiger partial charge >= 0.3 is 0 Å².